The molecule has 0 amide bonds. The first kappa shape index (κ1) is 59.3. The van der Waals surface area contributed by atoms with Crippen LogP contribution in [0.5, 0.6) is 0 Å². The third kappa shape index (κ3) is 49.2. The second-order valence-corrected chi connectivity index (χ2v) is 16.7. The Morgan fingerprint density at radius 2 is 0.603 bits per heavy atom. The lowest BCUT2D eigenvalue weighted by Gasteiger charge is -2.18. The Bertz CT molecular complexity index is 1280. The first-order valence-electron chi connectivity index (χ1n) is 25.7. The van der Waals surface area contributed by atoms with Crippen molar-refractivity contribution < 1.29 is 28.6 Å². The second kappa shape index (κ2) is 51.0. The molecule has 0 radical (unpaired) electrons. The van der Waals surface area contributed by atoms with E-state index in [9.17, 15) is 14.4 Å². The highest BCUT2D eigenvalue weighted by atomic mass is 16.6. The molecule has 0 aliphatic heterocycles. The van der Waals surface area contributed by atoms with Crippen molar-refractivity contribution in [1.29, 1.82) is 0 Å². The Balaban J connectivity index is 4.52. The van der Waals surface area contributed by atoms with E-state index >= 15 is 0 Å². The number of carbonyl (C=O) groups is 3. The molecule has 0 heterocycles. The molecule has 0 spiro atoms. The summed E-state index contributed by atoms with van der Waals surface area (Å²) >= 11 is 0. The van der Waals surface area contributed by atoms with Crippen molar-refractivity contribution in [3.63, 3.8) is 0 Å². The average Bonchev–Trinajstić information content (AvgIpc) is 3.28. The van der Waals surface area contributed by atoms with Gasteiger partial charge >= 0.3 is 17.9 Å². The number of hydrogen-bond donors (Lipinski definition) is 0. The predicted octanol–water partition coefficient (Wildman–Crippen LogP) is 17.0. The zero-order valence-electron chi connectivity index (χ0n) is 40.8. The summed E-state index contributed by atoms with van der Waals surface area (Å²) in [5, 5.41) is 0. The number of esters is 3. The fourth-order valence-electron chi connectivity index (χ4n) is 6.60. The normalized spacial score (nSPS) is 12.9. The highest BCUT2D eigenvalue weighted by Gasteiger charge is 2.19. The van der Waals surface area contributed by atoms with Crippen molar-refractivity contribution in [3.05, 3.63) is 97.2 Å². The molecular weight excluding hydrogens is 781 g/mol. The van der Waals surface area contributed by atoms with Crippen molar-refractivity contribution >= 4 is 17.9 Å². The minimum absolute atomic E-state index is 0.109. The van der Waals surface area contributed by atoms with Crippen LogP contribution in [-0.4, -0.2) is 37.2 Å². The molecule has 0 N–H and O–H groups in total. The Morgan fingerprint density at radius 1 is 0.317 bits per heavy atom. The van der Waals surface area contributed by atoms with Gasteiger partial charge in [0.25, 0.3) is 0 Å². The van der Waals surface area contributed by atoms with Crippen LogP contribution in [0, 0.1) is 0 Å². The van der Waals surface area contributed by atoms with Crippen LogP contribution in [0.1, 0.15) is 226 Å². The van der Waals surface area contributed by atoms with E-state index in [0.717, 1.165) is 103 Å². The van der Waals surface area contributed by atoms with E-state index in [0.29, 0.717) is 12.8 Å². The summed E-state index contributed by atoms with van der Waals surface area (Å²) in [7, 11) is 0. The topological polar surface area (TPSA) is 78.9 Å². The summed E-state index contributed by atoms with van der Waals surface area (Å²) in [5.74, 6) is -1.00. The summed E-state index contributed by atoms with van der Waals surface area (Å²) in [4.78, 5) is 37.9. The van der Waals surface area contributed by atoms with Gasteiger partial charge in [0.2, 0.25) is 0 Å². The molecule has 63 heavy (non-hydrogen) atoms. The molecule has 0 aromatic heterocycles. The highest BCUT2D eigenvalue weighted by Crippen LogP contribution is 2.12. The third-order valence-electron chi connectivity index (χ3n) is 10.5. The van der Waals surface area contributed by atoms with Gasteiger partial charge in [-0.25, -0.2) is 0 Å². The van der Waals surface area contributed by atoms with E-state index in [1.807, 2.05) is 0 Å². The number of rotatable bonds is 45. The van der Waals surface area contributed by atoms with Crippen molar-refractivity contribution in [2.45, 2.75) is 232 Å². The monoisotopic (exact) mass is 875 g/mol. The molecular formula is C57H94O6. The minimum Gasteiger partial charge on any atom is -0.462 e. The summed E-state index contributed by atoms with van der Waals surface area (Å²) in [6, 6.07) is 0. The lowest BCUT2D eigenvalue weighted by atomic mass is 10.1. The van der Waals surface area contributed by atoms with Crippen LogP contribution in [0.15, 0.2) is 97.2 Å². The predicted molar refractivity (Wildman–Crippen MR) is 270 cm³/mol. The maximum Gasteiger partial charge on any atom is 0.306 e. The van der Waals surface area contributed by atoms with Gasteiger partial charge < -0.3 is 14.2 Å². The van der Waals surface area contributed by atoms with E-state index in [1.165, 1.54) is 77.0 Å². The van der Waals surface area contributed by atoms with Gasteiger partial charge in [0.15, 0.2) is 6.10 Å². The molecule has 6 nitrogen and oxygen atoms in total. The third-order valence-corrected chi connectivity index (χ3v) is 10.5. The molecule has 0 unspecified atom stereocenters. The molecule has 358 valence electrons. The Morgan fingerprint density at radius 3 is 1.02 bits per heavy atom. The number of ether oxygens (including phenoxy) is 3. The van der Waals surface area contributed by atoms with Gasteiger partial charge in [-0.3, -0.25) is 14.4 Å². The molecule has 0 saturated carbocycles. The standard InChI is InChI=1S/C57H94O6/c1-4-7-10-13-16-19-22-24-26-28-30-32-35-38-41-44-47-50-56(59)62-53-54(52-61-55(58)49-46-43-40-37-34-21-18-15-12-9-6-3)63-57(60)51-48-45-42-39-36-33-31-29-27-25-23-20-17-14-11-8-5-2/h15-20,24-27,30-33,38,41,54H,4-14,21-23,28-29,34-37,39-40,42-53H2,1-3H3/b18-15-,19-16-,20-17-,26-24-,27-25-,32-30-,33-31-,41-38-/t54-/m0/s1. The summed E-state index contributed by atoms with van der Waals surface area (Å²) in [6.45, 7) is 6.45. The Hall–Kier alpha value is -3.67. The maximum atomic E-state index is 12.8. The van der Waals surface area contributed by atoms with E-state index < -0.39 is 6.10 Å². The van der Waals surface area contributed by atoms with Crippen molar-refractivity contribution in [1.82, 2.24) is 0 Å². The SMILES string of the molecule is CCCC/C=C\CCCCCCCC(=O)OC[C@@H](COC(=O)CCC/C=C\C/C=C\C/C=C\C/C=C\CCCCC)OC(=O)CCCCCC/C=C\C/C=C\C/C=C\CCCCC. The van der Waals surface area contributed by atoms with E-state index in [-0.39, 0.29) is 44.0 Å². The average molecular weight is 875 g/mol. The van der Waals surface area contributed by atoms with Crippen molar-refractivity contribution in [2.75, 3.05) is 13.2 Å². The molecule has 0 rings (SSSR count). The summed E-state index contributed by atoms with van der Waals surface area (Å²) in [5.41, 5.74) is 0. The van der Waals surface area contributed by atoms with Crippen LogP contribution in [-0.2, 0) is 28.6 Å². The lowest BCUT2D eigenvalue weighted by molar-refractivity contribution is -0.167. The van der Waals surface area contributed by atoms with Gasteiger partial charge in [-0.2, -0.15) is 0 Å². The quantitative estimate of drug-likeness (QED) is 0.0262. The number of unbranched alkanes of at least 4 members (excludes halogenated alkanes) is 18. The maximum absolute atomic E-state index is 12.8. The Kier molecular flexibility index (Phi) is 48.0. The summed E-state index contributed by atoms with van der Waals surface area (Å²) in [6.07, 6.45) is 66.8. The van der Waals surface area contributed by atoms with Gasteiger partial charge in [-0.15, -0.1) is 0 Å². The van der Waals surface area contributed by atoms with Crippen LogP contribution >= 0.6 is 0 Å². The molecule has 0 aromatic carbocycles. The van der Waals surface area contributed by atoms with Crippen molar-refractivity contribution in [2.24, 2.45) is 0 Å². The van der Waals surface area contributed by atoms with Crippen LogP contribution in [0.4, 0.5) is 0 Å². The lowest BCUT2D eigenvalue weighted by Crippen LogP contribution is -2.30. The van der Waals surface area contributed by atoms with E-state index in [2.05, 4.69) is 118 Å². The van der Waals surface area contributed by atoms with E-state index in [4.69, 9.17) is 14.2 Å². The van der Waals surface area contributed by atoms with Crippen LogP contribution in [0.25, 0.3) is 0 Å². The zero-order valence-corrected chi connectivity index (χ0v) is 40.8. The summed E-state index contributed by atoms with van der Waals surface area (Å²) < 4.78 is 16.7. The zero-order chi connectivity index (χ0) is 45.8. The van der Waals surface area contributed by atoms with E-state index in [1.54, 1.807) is 0 Å². The molecule has 0 aliphatic carbocycles. The van der Waals surface area contributed by atoms with Gasteiger partial charge in [-0.1, -0.05) is 189 Å². The van der Waals surface area contributed by atoms with Crippen LogP contribution < -0.4 is 0 Å². The first-order valence-corrected chi connectivity index (χ1v) is 25.7. The van der Waals surface area contributed by atoms with Crippen molar-refractivity contribution in [3.8, 4) is 0 Å². The highest BCUT2D eigenvalue weighted by molar-refractivity contribution is 5.71. The second-order valence-electron chi connectivity index (χ2n) is 16.7. The molecule has 6 heteroatoms. The van der Waals surface area contributed by atoms with Gasteiger partial charge in [0.1, 0.15) is 13.2 Å². The molecule has 0 fully saturated rings. The smallest absolute Gasteiger partial charge is 0.306 e. The molecule has 0 bridgehead atoms. The van der Waals surface area contributed by atoms with Gasteiger partial charge in [-0.05, 0) is 116 Å². The van der Waals surface area contributed by atoms with Gasteiger partial charge in [0, 0.05) is 19.3 Å². The fraction of sp³-hybridized carbons (Fsp3) is 0.667. The Labute approximate surface area is 387 Å². The molecule has 1 atom stereocenters. The molecule has 0 aliphatic rings. The molecule has 0 aromatic rings. The van der Waals surface area contributed by atoms with Crippen LogP contribution in [0.3, 0.4) is 0 Å². The van der Waals surface area contributed by atoms with Gasteiger partial charge in [0.05, 0.1) is 0 Å². The molecule has 0 saturated heterocycles. The number of allylic oxidation sites excluding steroid dienone is 16. The fourth-order valence-corrected chi connectivity index (χ4v) is 6.60. The van der Waals surface area contributed by atoms with Crippen LogP contribution in [0.2, 0.25) is 0 Å². The largest absolute Gasteiger partial charge is 0.462 e. The number of hydrogen-bond acceptors (Lipinski definition) is 6. The first-order chi connectivity index (χ1) is 31.0. The number of carbonyl (C=O) groups excluding carboxylic acids is 3. The minimum atomic E-state index is -0.815.